The number of nitrogens with zero attached hydrogens (tertiary/aromatic N) is 2. The van der Waals surface area contributed by atoms with Gasteiger partial charge in [-0.15, -0.1) is 0 Å². The third-order valence-corrected chi connectivity index (χ3v) is 10.3. The Morgan fingerprint density at radius 3 is 2.34 bits per heavy atom. The molecule has 1 saturated carbocycles. The summed E-state index contributed by atoms with van der Waals surface area (Å²) >= 11 is 12.8. The van der Waals surface area contributed by atoms with E-state index in [-0.39, 0.29) is 56.8 Å². The quantitative estimate of drug-likeness (QED) is 0.129. The number of thiazole rings is 1. The number of rotatable bonds is 11. The number of ether oxygens (including phenoxy) is 5. The fraction of sp³-hybridized carbons (Fsp3) is 0.289. The lowest BCUT2D eigenvalue weighted by Crippen LogP contribution is -2.40. The van der Waals surface area contributed by atoms with Crippen LogP contribution >= 0.6 is 34.5 Å². The number of hydrogen-bond acceptors (Lipinski definition) is 12. The summed E-state index contributed by atoms with van der Waals surface area (Å²) in [5, 5.41) is 0. The largest absolute Gasteiger partial charge is 0.493 e. The average Bonchev–Trinajstić information content (AvgIpc) is 3.47. The van der Waals surface area contributed by atoms with Crippen LogP contribution in [-0.2, 0) is 14.3 Å². The number of carbonyl (C=O) groups is 3. The molecule has 0 bridgehead atoms. The zero-order valence-corrected chi connectivity index (χ0v) is 31.8. The van der Waals surface area contributed by atoms with Crippen molar-refractivity contribution in [3.63, 3.8) is 0 Å². The number of carbonyl (C=O) groups excluding carboxylic acids is 3. The summed E-state index contributed by atoms with van der Waals surface area (Å²) in [6.45, 7) is 7.32. The van der Waals surface area contributed by atoms with Crippen molar-refractivity contribution in [2.75, 3.05) is 20.8 Å². The van der Waals surface area contributed by atoms with E-state index in [0.29, 0.717) is 26.2 Å². The van der Waals surface area contributed by atoms with E-state index in [1.54, 1.807) is 62.4 Å². The average molecular weight is 782 g/mol. The lowest BCUT2D eigenvalue weighted by atomic mass is 9.95. The Morgan fingerprint density at radius 1 is 0.981 bits per heavy atom. The smallest absolute Gasteiger partial charge is 0.379 e. The van der Waals surface area contributed by atoms with Crippen molar-refractivity contribution >= 4 is 58.5 Å². The molecule has 3 atom stereocenters. The molecule has 4 aromatic rings. The summed E-state index contributed by atoms with van der Waals surface area (Å²) in [6.07, 6.45) is 4.65. The van der Waals surface area contributed by atoms with E-state index < -0.39 is 35.4 Å². The second-order valence-corrected chi connectivity index (χ2v) is 14.7. The Kier molecular flexibility index (Phi) is 10.7. The SMILES string of the molecule is CCOC(=O)C1=C(C)N=c2s/c(=C/c3ccc(OC(=O)C4C(C=C(Cl)Cl)C4(C)C)c(OC)c3)c(=O)n2C1c1ccc(OC(=O)c2ccco2)c(OC)c1. The van der Waals surface area contributed by atoms with Gasteiger partial charge in [-0.25, -0.2) is 14.6 Å². The van der Waals surface area contributed by atoms with Gasteiger partial charge in [-0.1, -0.05) is 60.5 Å². The molecule has 3 heterocycles. The zero-order chi connectivity index (χ0) is 38.2. The number of furan rings is 1. The standard InChI is InChI=1S/C38H34Cl2N2O10S/c1-7-49-35(45)30-19(2)41-37-42(32(30)21-11-13-24(27(17-21)48-6)51-34(44)25-9-8-14-50-25)33(43)28(53-37)16-20-10-12-23(26(15-20)47-5)52-36(46)31-22(18-29(39)40)38(31,3)4/h8-18,22,31-32H,7H2,1-6H3/b28-16+. The Balaban J connectivity index is 1.36. The first-order valence-corrected chi connectivity index (χ1v) is 17.9. The summed E-state index contributed by atoms with van der Waals surface area (Å²) in [6, 6.07) is 11.7. The first-order valence-electron chi connectivity index (χ1n) is 16.3. The Morgan fingerprint density at radius 2 is 1.68 bits per heavy atom. The van der Waals surface area contributed by atoms with E-state index in [1.165, 1.54) is 37.2 Å². The van der Waals surface area contributed by atoms with Gasteiger partial charge in [0.15, 0.2) is 27.8 Å². The number of methoxy groups -OCH3 is 2. The highest BCUT2D eigenvalue weighted by Crippen LogP contribution is 2.60. The number of hydrogen-bond donors (Lipinski definition) is 0. The highest BCUT2D eigenvalue weighted by molar-refractivity contribution is 7.07. The molecular weight excluding hydrogens is 747 g/mol. The van der Waals surface area contributed by atoms with Gasteiger partial charge in [0.2, 0.25) is 5.76 Å². The van der Waals surface area contributed by atoms with Gasteiger partial charge >= 0.3 is 17.9 Å². The highest BCUT2D eigenvalue weighted by atomic mass is 35.5. The van der Waals surface area contributed by atoms with Crippen molar-refractivity contribution < 1.29 is 42.5 Å². The summed E-state index contributed by atoms with van der Waals surface area (Å²) in [7, 11) is 2.85. The molecule has 0 amide bonds. The highest BCUT2D eigenvalue weighted by Gasteiger charge is 2.61. The van der Waals surface area contributed by atoms with Crippen LogP contribution in [0.2, 0.25) is 0 Å². The molecule has 0 radical (unpaired) electrons. The molecule has 2 aliphatic rings. The molecule has 0 spiro atoms. The molecule has 15 heteroatoms. The van der Waals surface area contributed by atoms with Crippen LogP contribution in [0.1, 0.15) is 55.4 Å². The van der Waals surface area contributed by atoms with Crippen molar-refractivity contribution in [3.8, 4) is 23.0 Å². The van der Waals surface area contributed by atoms with Gasteiger partial charge in [0.05, 0.1) is 54.9 Å². The minimum absolute atomic E-state index is 0.00153. The van der Waals surface area contributed by atoms with Gasteiger partial charge in [0, 0.05) is 0 Å². The molecule has 3 unspecified atom stereocenters. The molecule has 276 valence electrons. The molecule has 53 heavy (non-hydrogen) atoms. The summed E-state index contributed by atoms with van der Waals surface area (Å²) in [5.74, 6) is -1.66. The third kappa shape index (κ3) is 7.41. The second kappa shape index (κ2) is 15.1. The lowest BCUT2D eigenvalue weighted by molar-refractivity contribution is -0.139. The van der Waals surface area contributed by atoms with Gasteiger partial charge in [-0.05, 0) is 84.9 Å². The fourth-order valence-corrected chi connectivity index (χ4v) is 7.66. The van der Waals surface area contributed by atoms with E-state index in [2.05, 4.69) is 4.99 Å². The maximum atomic E-state index is 14.2. The van der Waals surface area contributed by atoms with E-state index >= 15 is 0 Å². The Hall–Kier alpha value is -5.11. The summed E-state index contributed by atoms with van der Waals surface area (Å²) in [5.41, 5.74) is 0.773. The van der Waals surface area contributed by atoms with Crippen LogP contribution in [0.4, 0.5) is 0 Å². The van der Waals surface area contributed by atoms with E-state index in [0.717, 1.165) is 11.3 Å². The number of benzene rings is 2. The normalized spacial score (nSPS) is 18.7. The number of esters is 3. The van der Waals surface area contributed by atoms with Gasteiger partial charge in [-0.2, -0.15) is 0 Å². The first-order chi connectivity index (χ1) is 25.3. The summed E-state index contributed by atoms with van der Waals surface area (Å²) < 4.78 is 34.7. The van der Waals surface area contributed by atoms with Crippen LogP contribution in [0.5, 0.6) is 23.0 Å². The van der Waals surface area contributed by atoms with E-state index in [1.807, 2.05) is 13.8 Å². The van der Waals surface area contributed by atoms with Crippen molar-refractivity contribution in [2.24, 2.45) is 22.2 Å². The maximum Gasteiger partial charge on any atom is 0.379 e. The Bertz CT molecular complexity index is 2350. The molecular formula is C38H34Cl2N2O10S. The molecule has 12 nitrogen and oxygen atoms in total. The maximum absolute atomic E-state index is 14.2. The van der Waals surface area contributed by atoms with Crippen molar-refractivity contribution in [1.82, 2.24) is 4.57 Å². The second-order valence-electron chi connectivity index (χ2n) is 12.7. The molecule has 0 saturated heterocycles. The third-order valence-electron chi connectivity index (χ3n) is 9.11. The number of aromatic nitrogens is 1. The van der Waals surface area contributed by atoms with Crippen molar-refractivity contribution in [1.29, 1.82) is 0 Å². The fourth-order valence-electron chi connectivity index (χ4n) is 6.35. The topological polar surface area (TPSA) is 145 Å². The van der Waals surface area contributed by atoms with Crippen LogP contribution in [-0.4, -0.2) is 43.3 Å². The minimum atomic E-state index is -0.966. The van der Waals surface area contributed by atoms with Crippen molar-refractivity contribution in [2.45, 2.75) is 33.7 Å². The molecule has 1 fully saturated rings. The van der Waals surface area contributed by atoms with E-state index in [4.69, 9.17) is 51.3 Å². The summed E-state index contributed by atoms with van der Waals surface area (Å²) in [4.78, 5) is 58.3. The lowest BCUT2D eigenvalue weighted by Gasteiger charge is -2.25. The number of halogens is 2. The van der Waals surface area contributed by atoms with Crippen LogP contribution in [0, 0.1) is 17.3 Å². The van der Waals surface area contributed by atoms with Crippen LogP contribution in [0.15, 0.2) is 90.8 Å². The van der Waals surface area contributed by atoms with Gasteiger partial charge in [-0.3, -0.25) is 14.2 Å². The molecule has 1 aliphatic heterocycles. The van der Waals surface area contributed by atoms with Crippen LogP contribution in [0.25, 0.3) is 6.08 Å². The predicted octanol–water partition coefficient (Wildman–Crippen LogP) is 6.12. The monoisotopic (exact) mass is 780 g/mol. The molecule has 2 aromatic carbocycles. The molecule has 0 N–H and O–H groups in total. The van der Waals surface area contributed by atoms with Crippen LogP contribution in [0.3, 0.4) is 0 Å². The van der Waals surface area contributed by atoms with Gasteiger partial charge < -0.3 is 28.1 Å². The van der Waals surface area contributed by atoms with Crippen LogP contribution < -0.4 is 33.8 Å². The van der Waals surface area contributed by atoms with Crippen molar-refractivity contribution in [3.05, 3.63) is 113 Å². The molecule has 1 aliphatic carbocycles. The van der Waals surface area contributed by atoms with Gasteiger partial charge in [0.25, 0.3) is 5.56 Å². The molecule has 6 rings (SSSR count). The minimum Gasteiger partial charge on any atom is -0.493 e. The first kappa shape index (κ1) is 37.6. The van der Waals surface area contributed by atoms with Gasteiger partial charge in [0.1, 0.15) is 4.49 Å². The number of allylic oxidation sites excluding steroid dienone is 2. The zero-order valence-electron chi connectivity index (χ0n) is 29.4. The number of fused-ring (bicyclic) bond motifs is 1. The molecule has 2 aromatic heterocycles. The predicted molar refractivity (Wildman–Crippen MR) is 196 cm³/mol. The Labute approximate surface area is 317 Å². The van der Waals surface area contributed by atoms with E-state index in [9.17, 15) is 19.2 Å².